The number of methoxy groups -OCH3 is 2. The van der Waals surface area contributed by atoms with Gasteiger partial charge in [-0.2, -0.15) is 0 Å². The maximum absolute atomic E-state index is 15.0. The molecule has 2 aromatic carbocycles. The Labute approximate surface area is 225 Å². The van der Waals surface area contributed by atoms with Crippen molar-refractivity contribution in [2.24, 2.45) is 0 Å². The molecule has 0 fully saturated rings. The van der Waals surface area contributed by atoms with Crippen molar-refractivity contribution in [2.45, 2.75) is 19.4 Å². The zero-order chi connectivity index (χ0) is 27.1. The molecule has 1 N–H and O–H groups in total. The van der Waals surface area contributed by atoms with Crippen LogP contribution >= 0.6 is 11.3 Å². The Morgan fingerprint density at radius 1 is 1.13 bits per heavy atom. The normalized spacial score (nSPS) is 14.2. The molecule has 0 saturated heterocycles. The van der Waals surface area contributed by atoms with Gasteiger partial charge in [0.15, 0.2) is 11.6 Å². The van der Waals surface area contributed by atoms with Crippen molar-refractivity contribution < 1.29 is 28.1 Å². The standard InChI is InChI=1S/C27H22FN5O5S/c1-13-6-16(23-19(7-13)32-22(36-3)11-30-23)26-33-20-10-18(28)24-17(25(20)39-26)9-15(38-24)12-37-27(34)31-14-4-5-29-21(8-14)35-2/h4-8,10-11,15H,9,12H2,1-3H3,(H,29,31,34). The number of pyridine rings is 1. The average molecular weight is 548 g/mol. The zero-order valence-electron chi connectivity index (χ0n) is 21.1. The van der Waals surface area contributed by atoms with Crippen LogP contribution in [0.15, 0.2) is 42.7 Å². The van der Waals surface area contributed by atoms with Crippen molar-refractivity contribution in [3.63, 3.8) is 0 Å². The number of hydrogen-bond donors (Lipinski definition) is 1. The monoisotopic (exact) mass is 547 g/mol. The number of carbonyl (C=O) groups excluding carboxylic acids is 1. The summed E-state index contributed by atoms with van der Waals surface area (Å²) in [6.45, 7) is 1.91. The van der Waals surface area contributed by atoms with Crippen molar-refractivity contribution in [1.29, 1.82) is 0 Å². The van der Waals surface area contributed by atoms with Crippen LogP contribution in [-0.2, 0) is 11.2 Å². The lowest BCUT2D eigenvalue weighted by Gasteiger charge is -2.12. The number of thiazole rings is 1. The van der Waals surface area contributed by atoms with Gasteiger partial charge in [0.2, 0.25) is 11.8 Å². The summed E-state index contributed by atoms with van der Waals surface area (Å²) < 4.78 is 37.3. The van der Waals surface area contributed by atoms with Crippen LogP contribution in [0.2, 0.25) is 0 Å². The highest BCUT2D eigenvalue weighted by Crippen LogP contribution is 2.43. The number of carbonyl (C=O) groups is 1. The van der Waals surface area contributed by atoms with Gasteiger partial charge in [0.05, 0.1) is 47.4 Å². The molecule has 1 atom stereocenters. The third-order valence-corrected chi connectivity index (χ3v) is 7.36. The molecule has 12 heteroatoms. The molecule has 5 aromatic rings. The van der Waals surface area contributed by atoms with Gasteiger partial charge in [-0.15, -0.1) is 11.3 Å². The first-order valence-electron chi connectivity index (χ1n) is 12.0. The maximum Gasteiger partial charge on any atom is 0.411 e. The van der Waals surface area contributed by atoms with E-state index in [9.17, 15) is 4.79 Å². The number of amides is 1. The van der Waals surface area contributed by atoms with Crippen LogP contribution in [0, 0.1) is 12.7 Å². The van der Waals surface area contributed by atoms with Gasteiger partial charge in [0, 0.05) is 35.9 Å². The second-order valence-corrected chi connectivity index (χ2v) is 9.88. The van der Waals surface area contributed by atoms with Crippen molar-refractivity contribution in [2.75, 3.05) is 26.1 Å². The number of nitrogens with one attached hydrogen (secondary N) is 1. The number of anilines is 1. The van der Waals surface area contributed by atoms with E-state index in [0.29, 0.717) is 51.0 Å². The minimum atomic E-state index is -0.669. The molecule has 1 amide bonds. The Hall–Kier alpha value is -4.58. The quantitative estimate of drug-likeness (QED) is 0.301. The smallest absolute Gasteiger partial charge is 0.411 e. The van der Waals surface area contributed by atoms with Crippen LogP contribution < -0.4 is 19.5 Å². The number of nitrogens with zero attached hydrogens (tertiary/aromatic N) is 4. The number of aromatic nitrogens is 4. The second kappa shape index (κ2) is 9.95. The van der Waals surface area contributed by atoms with Crippen molar-refractivity contribution in [3.8, 4) is 28.1 Å². The molecule has 0 radical (unpaired) electrons. The van der Waals surface area contributed by atoms with Gasteiger partial charge < -0.3 is 18.9 Å². The van der Waals surface area contributed by atoms with Crippen LogP contribution in [0.3, 0.4) is 0 Å². The minimum absolute atomic E-state index is 0.0603. The number of halogens is 1. The van der Waals surface area contributed by atoms with Crippen LogP contribution in [0.25, 0.3) is 31.8 Å². The minimum Gasteiger partial charge on any atom is -0.483 e. The molecule has 0 aliphatic carbocycles. The van der Waals surface area contributed by atoms with E-state index in [0.717, 1.165) is 15.8 Å². The summed E-state index contributed by atoms with van der Waals surface area (Å²) in [5.74, 6) is 0.423. The fraction of sp³-hybridized carbons (Fsp3) is 0.222. The summed E-state index contributed by atoms with van der Waals surface area (Å²) in [7, 11) is 3.02. The van der Waals surface area contributed by atoms with E-state index < -0.39 is 18.0 Å². The van der Waals surface area contributed by atoms with Gasteiger partial charge in [0.25, 0.3) is 0 Å². The molecule has 10 nitrogen and oxygen atoms in total. The fourth-order valence-electron chi connectivity index (χ4n) is 4.47. The van der Waals surface area contributed by atoms with Gasteiger partial charge in [-0.05, 0) is 30.7 Å². The van der Waals surface area contributed by atoms with Gasteiger partial charge >= 0.3 is 6.09 Å². The molecule has 198 valence electrons. The highest BCUT2D eigenvalue weighted by molar-refractivity contribution is 7.22. The number of aryl methyl sites for hydroxylation is 1. The van der Waals surface area contributed by atoms with Crippen molar-refractivity contribution in [3.05, 3.63) is 59.7 Å². The molecule has 0 spiro atoms. The summed E-state index contributed by atoms with van der Waals surface area (Å²) in [5.41, 5.74) is 4.85. The van der Waals surface area contributed by atoms with Crippen LogP contribution in [0.4, 0.5) is 14.9 Å². The summed E-state index contributed by atoms with van der Waals surface area (Å²) >= 11 is 1.43. The first-order valence-corrected chi connectivity index (χ1v) is 12.8. The molecular formula is C27H22FN5O5S. The predicted octanol–water partition coefficient (Wildman–Crippen LogP) is 5.32. The van der Waals surface area contributed by atoms with Crippen LogP contribution in [0.1, 0.15) is 11.1 Å². The van der Waals surface area contributed by atoms with Gasteiger partial charge in [-0.25, -0.2) is 29.1 Å². The molecule has 3 aromatic heterocycles. The molecule has 0 bridgehead atoms. The Bertz CT molecular complexity index is 1740. The van der Waals surface area contributed by atoms with Gasteiger partial charge in [-0.3, -0.25) is 5.32 Å². The van der Waals surface area contributed by atoms with Gasteiger partial charge in [-0.1, -0.05) is 0 Å². The van der Waals surface area contributed by atoms with Crippen molar-refractivity contribution >= 4 is 44.4 Å². The summed E-state index contributed by atoms with van der Waals surface area (Å²) in [6.07, 6.45) is 2.23. The number of fused-ring (bicyclic) bond motifs is 4. The largest absolute Gasteiger partial charge is 0.483 e. The van der Waals surface area contributed by atoms with Crippen LogP contribution in [-0.4, -0.2) is 53.0 Å². The number of ether oxygens (including phenoxy) is 4. The van der Waals surface area contributed by atoms with E-state index >= 15 is 4.39 Å². The van der Waals surface area contributed by atoms with E-state index in [1.807, 2.05) is 19.1 Å². The average Bonchev–Trinajstić information content (AvgIpc) is 3.56. The summed E-state index contributed by atoms with van der Waals surface area (Å²) in [6, 6.07) is 8.46. The maximum atomic E-state index is 15.0. The molecular weight excluding hydrogens is 525 g/mol. The summed E-state index contributed by atoms with van der Waals surface area (Å²) in [5, 5.41) is 3.31. The Morgan fingerprint density at radius 2 is 1.97 bits per heavy atom. The van der Waals surface area contributed by atoms with E-state index in [2.05, 4.69) is 20.3 Å². The van der Waals surface area contributed by atoms with Crippen LogP contribution in [0.5, 0.6) is 17.5 Å². The zero-order valence-corrected chi connectivity index (χ0v) is 22.0. The Balaban J connectivity index is 1.24. The molecule has 1 aliphatic rings. The fourth-order valence-corrected chi connectivity index (χ4v) is 5.58. The van der Waals surface area contributed by atoms with E-state index in [1.54, 1.807) is 25.4 Å². The first-order chi connectivity index (χ1) is 18.9. The Morgan fingerprint density at radius 3 is 2.79 bits per heavy atom. The summed E-state index contributed by atoms with van der Waals surface area (Å²) in [4.78, 5) is 30.1. The van der Waals surface area contributed by atoms with E-state index in [1.165, 1.54) is 30.7 Å². The number of rotatable bonds is 6. The third-order valence-electron chi connectivity index (χ3n) is 6.20. The number of benzene rings is 2. The molecule has 1 unspecified atom stereocenters. The Kier molecular flexibility index (Phi) is 6.31. The lowest BCUT2D eigenvalue weighted by molar-refractivity contribution is 0.100. The van der Waals surface area contributed by atoms with Crippen molar-refractivity contribution in [1.82, 2.24) is 19.9 Å². The molecule has 1 aliphatic heterocycles. The third kappa shape index (κ3) is 4.74. The molecule has 4 heterocycles. The topological polar surface area (TPSA) is 118 Å². The van der Waals surface area contributed by atoms with E-state index in [-0.39, 0.29) is 12.4 Å². The first kappa shape index (κ1) is 24.7. The van der Waals surface area contributed by atoms with E-state index in [4.69, 9.17) is 23.9 Å². The highest BCUT2D eigenvalue weighted by atomic mass is 32.1. The predicted molar refractivity (Wildman–Crippen MR) is 143 cm³/mol. The number of hydrogen-bond acceptors (Lipinski definition) is 10. The molecule has 0 saturated carbocycles. The molecule has 6 rings (SSSR count). The lowest BCUT2D eigenvalue weighted by atomic mass is 10.1. The SMILES string of the molecule is COc1cc(NC(=O)OCC2Cc3c(c(F)cc4nc(-c5cc(C)cc6nc(OC)cnc56)sc34)O2)ccn1. The lowest BCUT2D eigenvalue weighted by Crippen LogP contribution is -2.25. The second-order valence-electron chi connectivity index (χ2n) is 8.88. The molecule has 39 heavy (non-hydrogen) atoms. The highest BCUT2D eigenvalue weighted by Gasteiger charge is 2.31. The van der Waals surface area contributed by atoms with Gasteiger partial charge in [0.1, 0.15) is 17.7 Å².